The molecule has 0 saturated carbocycles. The van der Waals surface area contributed by atoms with Gasteiger partial charge < -0.3 is 5.32 Å². The predicted octanol–water partition coefficient (Wildman–Crippen LogP) is 3.39. The van der Waals surface area contributed by atoms with E-state index in [4.69, 9.17) is 0 Å². The van der Waals surface area contributed by atoms with Gasteiger partial charge in [0.2, 0.25) is 0 Å². The van der Waals surface area contributed by atoms with Crippen LogP contribution in [0.1, 0.15) is 22.6 Å². The number of nitrogens with one attached hydrogen (secondary N) is 1. The third-order valence-corrected chi connectivity index (χ3v) is 3.28. The van der Waals surface area contributed by atoms with Crippen LogP contribution < -0.4 is 5.32 Å². The second kappa shape index (κ2) is 4.46. The molecule has 0 radical (unpaired) electrons. The van der Waals surface area contributed by atoms with Crippen molar-refractivity contribution in [2.24, 2.45) is 0 Å². The van der Waals surface area contributed by atoms with Crippen molar-refractivity contribution in [3.05, 3.63) is 77.5 Å². The average Bonchev–Trinajstić information content (AvgIpc) is 2.62. The van der Waals surface area contributed by atoms with Crippen LogP contribution in [0.4, 0.5) is 0 Å². The van der Waals surface area contributed by atoms with E-state index < -0.39 is 0 Å². The Morgan fingerprint density at radius 1 is 0.882 bits per heavy atom. The lowest BCUT2D eigenvalue weighted by Gasteiger charge is -2.18. The molecule has 1 heteroatoms. The van der Waals surface area contributed by atoms with Gasteiger partial charge in [0, 0.05) is 12.5 Å². The van der Waals surface area contributed by atoms with Gasteiger partial charge in [0.15, 0.2) is 0 Å². The summed E-state index contributed by atoms with van der Waals surface area (Å²) in [4.78, 5) is 0. The summed E-state index contributed by atoms with van der Waals surface area (Å²) in [5.41, 5.74) is 4.09. The summed E-state index contributed by atoms with van der Waals surface area (Å²) in [6.45, 7) is 0.956. The van der Waals surface area contributed by atoms with Crippen molar-refractivity contribution in [3.8, 4) is 0 Å². The van der Waals surface area contributed by atoms with Crippen LogP contribution in [-0.4, -0.2) is 6.54 Å². The normalized spacial score (nSPS) is 18.0. The standard InChI is InChI=1S/C16H15N/c1-2-6-13(7-3-1)16-12-17-11-10-14-8-4-5-9-15(14)16/h1-11,16-17H,12H2. The lowest BCUT2D eigenvalue weighted by atomic mass is 9.89. The van der Waals surface area contributed by atoms with Crippen molar-refractivity contribution in [1.29, 1.82) is 0 Å². The minimum absolute atomic E-state index is 0.433. The van der Waals surface area contributed by atoms with Crippen molar-refractivity contribution in [2.75, 3.05) is 6.54 Å². The number of hydrogen-bond acceptors (Lipinski definition) is 1. The first-order valence-corrected chi connectivity index (χ1v) is 5.99. The molecule has 0 aromatic heterocycles. The summed E-state index contributed by atoms with van der Waals surface area (Å²) in [6, 6.07) is 19.3. The van der Waals surface area contributed by atoms with Crippen LogP contribution >= 0.6 is 0 Å². The summed E-state index contributed by atoms with van der Waals surface area (Å²) in [5.74, 6) is 0.433. The van der Waals surface area contributed by atoms with Crippen LogP contribution in [0.25, 0.3) is 6.08 Å². The molecular formula is C16H15N. The molecular weight excluding hydrogens is 206 g/mol. The van der Waals surface area contributed by atoms with E-state index in [0.29, 0.717) is 5.92 Å². The van der Waals surface area contributed by atoms with E-state index in [0.717, 1.165) is 6.54 Å². The summed E-state index contributed by atoms with van der Waals surface area (Å²) in [5, 5.41) is 3.36. The zero-order chi connectivity index (χ0) is 11.5. The first kappa shape index (κ1) is 10.2. The Morgan fingerprint density at radius 2 is 1.65 bits per heavy atom. The molecule has 0 aliphatic carbocycles. The molecule has 0 amide bonds. The van der Waals surface area contributed by atoms with Gasteiger partial charge in [0.1, 0.15) is 0 Å². The molecule has 1 aliphatic heterocycles. The van der Waals surface area contributed by atoms with Crippen LogP contribution in [0, 0.1) is 0 Å². The van der Waals surface area contributed by atoms with Gasteiger partial charge in [-0.1, -0.05) is 54.6 Å². The zero-order valence-corrected chi connectivity index (χ0v) is 9.64. The van der Waals surface area contributed by atoms with Crippen LogP contribution in [-0.2, 0) is 0 Å². The molecule has 3 rings (SSSR count). The maximum Gasteiger partial charge on any atom is 0.0268 e. The Morgan fingerprint density at radius 3 is 2.53 bits per heavy atom. The summed E-state index contributed by atoms with van der Waals surface area (Å²) in [6.07, 6.45) is 4.19. The predicted molar refractivity (Wildman–Crippen MR) is 71.8 cm³/mol. The molecule has 0 fully saturated rings. The topological polar surface area (TPSA) is 12.0 Å². The van der Waals surface area contributed by atoms with E-state index in [1.54, 1.807) is 0 Å². The molecule has 2 aromatic carbocycles. The van der Waals surface area contributed by atoms with Gasteiger partial charge in [-0.25, -0.2) is 0 Å². The van der Waals surface area contributed by atoms with Gasteiger partial charge in [-0.15, -0.1) is 0 Å². The minimum atomic E-state index is 0.433. The van der Waals surface area contributed by atoms with E-state index in [-0.39, 0.29) is 0 Å². The van der Waals surface area contributed by atoms with E-state index in [9.17, 15) is 0 Å². The van der Waals surface area contributed by atoms with Crippen LogP contribution in [0.3, 0.4) is 0 Å². The molecule has 0 saturated heterocycles. The maximum absolute atomic E-state index is 3.36. The van der Waals surface area contributed by atoms with Crippen molar-refractivity contribution in [2.45, 2.75) is 5.92 Å². The summed E-state index contributed by atoms with van der Waals surface area (Å²) < 4.78 is 0. The second-order valence-electron chi connectivity index (χ2n) is 4.33. The number of rotatable bonds is 1. The number of fused-ring (bicyclic) bond motifs is 1. The molecule has 1 nitrogen and oxygen atoms in total. The molecule has 0 spiro atoms. The molecule has 1 aliphatic rings. The monoisotopic (exact) mass is 221 g/mol. The lowest BCUT2D eigenvalue weighted by molar-refractivity contribution is 0.742. The van der Waals surface area contributed by atoms with Gasteiger partial charge in [0.05, 0.1) is 0 Å². The van der Waals surface area contributed by atoms with E-state index in [1.807, 2.05) is 6.20 Å². The first-order chi connectivity index (χ1) is 8.45. The van der Waals surface area contributed by atoms with Gasteiger partial charge >= 0.3 is 0 Å². The van der Waals surface area contributed by atoms with E-state index in [1.165, 1.54) is 16.7 Å². The Balaban J connectivity index is 2.09. The largest absolute Gasteiger partial charge is 0.390 e. The fraction of sp³-hybridized carbons (Fsp3) is 0.125. The van der Waals surface area contributed by atoms with E-state index >= 15 is 0 Å². The first-order valence-electron chi connectivity index (χ1n) is 5.99. The molecule has 1 heterocycles. The summed E-state index contributed by atoms with van der Waals surface area (Å²) in [7, 11) is 0. The molecule has 0 bridgehead atoms. The fourth-order valence-electron chi connectivity index (χ4n) is 2.41. The third-order valence-electron chi connectivity index (χ3n) is 3.28. The maximum atomic E-state index is 3.36. The van der Waals surface area contributed by atoms with Crippen LogP contribution in [0.15, 0.2) is 60.8 Å². The second-order valence-corrected chi connectivity index (χ2v) is 4.33. The molecule has 1 atom stereocenters. The van der Waals surface area contributed by atoms with Crippen molar-refractivity contribution in [3.63, 3.8) is 0 Å². The van der Waals surface area contributed by atoms with Gasteiger partial charge in [-0.2, -0.15) is 0 Å². The zero-order valence-electron chi connectivity index (χ0n) is 9.64. The highest BCUT2D eigenvalue weighted by atomic mass is 14.8. The fourth-order valence-corrected chi connectivity index (χ4v) is 2.41. The average molecular weight is 221 g/mol. The Labute approximate surface area is 102 Å². The van der Waals surface area contributed by atoms with Crippen molar-refractivity contribution >= 4 is 6.08 Å². The number of benzene rings is 2. The SMILES string of the molecule is C1=Cc2ccccc2C(c2ccccc2)CN1. The van der Waals surface area contributed by atoms with Crippen LogP contribution in [0.5, 0.6) is 0 Å². The number of hydrogen-bond donors (Lipinski definition) is 1. The van der Waals surface area contributed by atoms with Crippen molar-refractivity contribution in [1.82, 2.24) is 5.32 Å². The van der Waals surface area contributed by atoms with Gasteiger partial charge in [-0.05, 0) is 29.0 Å². The molecule has 2 aromatic rings. The highest BCUT2D eigenvalue weighted by Crippen LogP contribution is 2.28. The van der Waals surface area contributed by atoms with Gasteiger partial charge in [-0.3, -0.25) is 0 Å². The quantitative estimate of drug-likeness (QED) is 0.778. The summed E-state index contributed by atoms with van der Waals surface area (Å²) >= 11 is 0. The minimum Gasteiger partial charge on any atom is -0.390 e. The molecule has 17 heavy (non-hydrogen) atoms. The Bertz CT molecular complexity index is 528. The van der Waals surface area contributed by atoms with Gasteiger partial charge in [0.25, 0.3) is 0 Å². The molecule has 84 valence electrons. The van der Waals surface area contributed by atoms with E-state index in [2.05, 4.69) is 66.0 Å². The molecule has 1 unspecified atom stereocenters. The van der Waals surface area contributed by atoms with Crippen molar-refractivity contribution < 1.29 is 0 Å². The lowest BCUT2D eigenvalue weighted by Crippen LogP contribution is -2.16. The smallest absolute Gasteiger partial charge is 0.0268 e. The third kappa shape index (κ3) is 1.96. The highest BCUT2D eigenvalue weighted by molar-refractivity contribution is 5.57. The Kier molecular flexibility index (Phi) is 2.66. The highest BCUT2D eigenvalue weighted by Gasteiger charge is 2.17. The van der Waals surface area contributed by atoms with Crippen LogP contribution in [0.2, 0.25) is 0 Å². The Hall–Kier alpha value is -2.02. The molecule has 1 N–H and O–H groups in total.